The molecule has 0 aliphatic heterocycles. The Morgan fingerprint density at radius 1 is 0.778 bits per heavy atom. The summed E-state index contributed by atoms with van der Waals surface area (Å²) >= 11 is 0. The van der Waals surface area contributed by atoms with Gasteiger partial charge < -0.3 is 29.1 Å². The number of unbranched alkanes of at least 4 members (excludes halogenated alkanes) is 2. The highest BCUT2D eigenvalue weighted by atomic mass is 19.1. The number of hydrogen-bond donors (Lipinski definition) is 1. The number of benzene rings is 3. The molecule has 0 unspecified atom stereocenters. The summed E-state index contributed by atoms with van der Waals surface area (Å²) in [6, 6.07) is 16.8. The Kier molecular flexibility index (Phi) is 17.4. The maximum Gasteiger partial charge on any atom is 0.165 e. The molecule has 0 fully saturated rings. The molecule has 0 saturated carbocycles. The van der Waals surface area contributed by atoms with Gasteiger partial charge in [-0.25, -0.2) is 4.39 Å². The molecule has 0 heterocycles. The van der Waals surface area contributed by atoms with Crippen LogP contribution in [0.15, 0.2) is 54.6 Å². The van der Waals surface area contributed by atoms with E-state index in [1.165, 1.54) is 49.7 Å². The predicted octanol–water partition coefficient (Wildman–Crippen LogP) is 8.28. The molecule has 7 heteroatoms. The van der Waals surface area contributed by atoms with E-state index in [4.69, 9.17) is 14.2 Å². The summed E-state index contributed by atoms with van der Waals surface area (Å²) in [5.41, 5.74) is 4.65. The number of phenolic OH excluding ortho intramolecular Hbond substituents is 1. The smallest absolute Gasteiger partial charge is 0.165 e. The van der Waals surface area contributed by atoms with Crippen molar-refractivity contribution in [3.8, 4) is 35.8 Å². The quantitative estimate of drug-likeness (QED) is 0.136. The van der Waals surface area contributed by atoms with Crippen LogP contribution in [0.2, 0.25) is 0 Å². The standard InChI is InChI=1S/C26H39FN2O3.C10H12O.C2H2/c1-6-9-10-15-28(7-2)16-17-32-24-13-11-21(18-23(24)27)20-29(8-3)22-12-14-25(30-4)26(19-22)31-5;11-10-6-5-8-3-1-2-4-9(8)7-10;1-2/h11-14,18-19H,6-10,15-17,20H2,1-5H3;5-7,11H,1-4H2;1-2H. The Morgan fingerprint density at radius 2 is 1.49 bits per heavy atom. The molecule has 3 aromatic rings. The summed E-state index contributed by atoms with van der Waals surface area (Å²) in [4.78, 5) is 4.51. The molecular weight excluding hydrogens is 567 g/mol. The van der Waals surface area contributed by atoms with Crippen molar-refractivity contribution in [2.45, 2.75) is 72.3 Å². The van der Waals surface area contributed by atoms with Crippen LogP contribution in [0.3, 0.4) is 0 Å². The van der Waals surface area contributed by atoms with Crippen molar-refractivity contribution in [1.29, 1.82) is 0 Å². The van der Waals surface area contributed by atoms with Gasteiger partial charge in [0.2, 0.25) is 0 Å². The maximum atomic E-state index is 14.7. The third-order valence-electron chi connectivity index (χ3n) is 8.01. The van der Waals surface area contributed by atoms with Gasteiger partial charge in [0.15, 0.2) is 23.1 Å². The van der Waals surface area contributed by atoms with E-state index in [0.717, 1.165) is 43.9 Å². The lowest BCUT2D eigenvalue weighted by Crippen LogP contribution is -2.29. The molecule has 3 aromatic carbocycles. The number of halogens is 1. The summed E-state index contributed by atoms with van der Waals surface area (Å²) in [6.45, 7) is 11.1. The van der Waals surface area contributed by atoms with E-state index in [9.17, 15) is 9.50 Å². The van der Waals surface area contributed by atoms with Crippen LogP contribution in [0.5, 0.6) is 23.0 Å². The van der Waals surface area contributed by atoms with E-state index in [2.05, 4.69) is 43.4 Å². The van der Waals surface area contributed by atoms with Gasteiger partial charge in [0.25, 0.3) is 0 Å². The van der Waals surface area contributed by atoms with Crippen molar-refractivity contribution in [1.82, 2.24) is 4.90 Å². The van der Waals surface area contributed by atoms with Crippen molar-refractivity contribution in [3.63, 3.8) is 0 Å². The molecule has 6 nitrogen and oxygen atoms in total. The maximum absolute atomic E-state index is 14.7. The third-order valence-corrected chi connectivity index (χ3v) is 8.01. The first-order chi connectivity index (χ1) is 21.9. The average molecular weight is 621 g/mol. The highest BCUT2D eigenvalue weighted by molar-refractivity contribution is 5.56. The molecule has 0 aromatic heterocycles. The number of methoxy groups -OCH3 is 2. The van der Waals surface area contributed by atoms with Crippen LogP contribution < -0.4 is 19.1 Å². The zero-order valence-electron chi connectivity index (χ0n) is 28.0. The zero-order chi connectivity index (χ0) is 33.0. The average Bonchev–Trinajstić information content (AvgIpc) is 3.08. The molecule has 1 N–H and O–H groups in total. The Balaban J connectivity index is 0.000000447. The molecule has 0 saturated heterocycles. The molecule has 246 valence electrons. The summed E-state index contributed by atoms with van der Waals surface area (Å²) in [6.07, 6.45) is 16.6. The molecule has 45 heavy (non-hydrogen) atoms. The molecule has 0 spiro atoms. The molecule has 0 radical (unpaired) electrons. The second-order valence-electron chi connectivity index (χ2n) is 11.0. The minimum absolute atomic E-state index is 0.313. The van der Waals surface area contributed by atoms with Gasteiger partial charge in [0, 0.05) is 31.4 Å². The van der Waals surface area contributed by atoms with Gasteiger partial charge in [-0.2, -0.15) is 0 Å². The van der Waals surface area contributed by atoms with Crippen molar-refractivity contribution in [2.24, 2.45) is 0 Å². The fraction of sp³-hybridized carbons (Fsp3) is 0.474. The largest absolute Gasteiger partial charge is 0.508 e. The van der Waals surface area contributed by atoms with Crippen molar-refractivity contribution < 1.29 is 23.7 Å². The second kappa shape index (κ2) is 21.0. The molecule has 0 atom stereocenters. The molecule has 1 aliphatic rings. The fourth-order valence-corrected chi connectivity index (χ4v) is 5.41. The Labute approximate surface area is 271 Å². The van der Waals surface area contributed by atoms with Crippen molar-refractivity contribution in [3.05, 3.63) is 77.1 Å². The van der Waals surface area contributed by atoms with Crippen molar-refractivity contribution >= 4 is 5.69 Å². The molecule has 0 bridgehead atoms. The number of hydrogen-bond acceptors (Lipinski definition) is 6. The highest BCUT2D eigenvalue weighted by Gasteiger charge is 2.13. The summed E-state index contributed by atoms with van der Waals surface area (Å²) in [5.74, 6) is 1.76. The number of ether oxygens (including phenoxy) is 3. The Hall–Kier alpha value is -3.89. The van der Waals surface area contributed by atoms with E-state index in [1.54, 1.807) is 32.4 Å². The van der Waals surface area contributed by atoms with Gasteiger partial charge in [-0.1, -0.05) is 38.8 Å². The number of rotatable bonds is 15. The number of nitrogens with zero attached hydrogens (tertiary/aromatic N) is 2. The van der Waals surface area contributed by atoms with Crippen LogP contribution >= 0.6 is 0 Å². The number of aromatic hydroxyl groups is 1. The monoisotopic (exact) mass is 620 g/mol. The molecular formula is C38H53FN2O4. The van der Waals surface area contributed by atoms with Gasteiger partial charge in [-0.15, -0.1) is 12.8 Å². The van der Waals surface area contributed by atoms with Crippen LogP contribution in [0, 0.1) is 18.7 Å². The topological polar surface area (TPSA) is 54.4 Å². The van der Waals surface area contributed by atoms with Gasteiger partial charge in [0.05, 0.1) is 14.2 Å². The summed E-state index contributed by atoms with van der Waals surface area (Å²) in [7, 11) is 3.24. The lowest BCUT2D eigenvalue weighted by atomic mass is 9.92. The SMILES string of the molecule is C#C.CCCCCN(CC)CCOc1ccc(CN(CC)c2ccc(OC)c(OC)c2)cc1F.Oc1ccc2c(c1)CCCC2. The van der Waals surface area contributed by atoms with Gasteiger partial charge >= 0.3 is 0 Å². The first-order valence-electron chi connectivity index (χ1n) is 16.2. The van der Waals surface area contributed by atoms with E-state index in [1.807, 2.05) is 36.4 Å². The number of anilines is 1. The summed E-state index contributed by atoms with van der Waals surface area (Å²) in [5, 5.41) is 9.19. The number of aryl methyl sites for hydroxylation is 2. The highest BCUT2D eigenvalue weighted by Crippen LogP contribution is 2.32. The lowest BCUT2D eigenvalue weighted by Gasteiger charge is -2.24. The Bertz CT molecular complexity index is 1300. The first-order valence-corrected chi connectivity index (χ1v) is 16.2. The number of likely N-dealkylation sites (N-methyl/N-ethyl adjacent to an activating group) is 1. The van der Waals surface area contributed by atoms with Gasteiger partial charge in [0.1, 0.15) is 12.4 Å². The minimum Gasteiger partial charge on any atom is -0.508 e. The van der Waals surface area contributed by atoms with Crippen LogP contribution in [-0.4, -0.2) is 57.0 Å². The van der Waals surface area contributed by atoms with Crippen molar-refractivity contribution in [2.75, 3.05) is 51.9 Å². The van der Waals surface area contributed by atoms with Gasteiger partial charge in [-0.3, -0.25) is 0 Å². The lowest BCUT2D eigenvalue weighted by molar-refractivity contribution is 0.208. The number of phenols is 1. The van der Waals surface area contributed by atoms with Crippen LogP contribution in [0.4, 0.5) is 10.1 Å². The number of terminal acetylenes is 1. The van der Waals surface area contributed by atoms with Gasteiger partial charge in [-0.05, 0) is 105 Å². The second-order valence-corrected chi connectivity index (χ2v) is 11.0. The van der Waals surface area contributed by atoms with E-state index < -0.39 is 0 Å². The first kappa shape index (κ1) is 37.3. The molecule has 4 rings (SSSR count). The van der Waals surface area contributed by atoms with E-state index >= 15 is 0 Å². The van der Waals surface area contributed by atoms with Crippen LogP contribution in [-0.2, 0) is 19.4 Å². The van der Waals surface area contributed by atoms with E-state index in [0.29, 0.717) is 36.1 Å². The normalized spacial score (nSPS) is 11.8. The zero-order valence-corrected chi connectivity index (χ0v) is 28.0. The van der Waals surface area contributed by atoms with Crippen LogP contribution in [0.25, 0.3) is 0 Å². The minimum atomic E-state index is -0.320. The number of fused-ring (bicyclic) bond motifs is 1. The Morgan fingerprint density at radius 3 is 2.13 bits per heavy atom. The molecule has 0 amide bonds. The third kappa shape index (κ3) is 12.2. The fourth-order valence-electron chi connectivity index (χ4n) is 5.41. The van der Waals surface area contributed by atoms with E-state index in [-0.39, 0.29) is 5.82 Å². The summed E-state index contributed by atoms with van der Waals surface area (Å²) < 4.78 is 31.2. The molecule has 1 aliphatic carbocycles. The van der Waals surface area contributed by atoms with Crippen LogP contribution in [0.1, 0.15) is 69.6 Å². The predicted molar refractivity (Wildman–Crippen MR) is 184 cm³/mol.